The number of nitrogens with zero attached hydrogens (tertiary/aromatic N) is 1. The number of aliphatic hydroxyl groups is 1. The predicted molar refractivity (Wildman–Crippen MR) is 66.6 cm³/mol. The summed E-state index contributed by atoms with van der Waals surface area (Å²) in [5.74, 6) is 0. The maximum atomic E-state index is 10.3. The standard InChI is InChI=1S/C13H27NO2/c1-13(2,12(15)8-7-11-16-3)14-9-5-4-6-10-14/h12,15H,4-11H2,1-3H3. The Bertz CT molecular complexity index is 188. The second-order valence-corrected chi connectivity index (χ2v) is 5.35. The summed E-state index contributed by atoms with van der Waals surface area (Å²) in [6.45, 7) is 7.33. The van der Waals surface area contributed by atoms with E-state index in [0.717, 1.165) is 32.5 Å². The molecule has 16 heavy (non-hydrogen) atoms. The van der Waals surface area contributed by atoms with Crippen LogP contribution >= 0.6 is 0 Å². The molecule has 0 radical (unpaired) electrons. The molecule has 0 amide bonds. The zero-order valence-electron chi connectivity index (χ0n) is 11.0. The van der Waals surface area contributed by atoms with E-state index in [1.807, 2.05) is 0 Å². The van der Waals surface area contributed by atoms with Gasteiger partial charge in [-0.15, -0.1) is 0 Å². The van der Waals surface area contributed by atoms with Crippen molar-refractivity contribution in [3.05, 3.63) is 0 Å². The van der Waals surface area contributed by atoms with Gasteiger partial charge in [-0.05, 0) is 52.6 Å². The molecule has 1 heterocycles. The van der Waals surface area contributed by atoms with Gasteiger partial charge in [0.05, 0.1) is 6.10 Å². The Morgan fingerprint density at radius 1 is 1.25 bits per heavy atom. The zero-order chi connectivity index (χ0) is 12.0. The number of rotatable bonds is 6. The topological polar surface area (TPSA) is 32.7 Å². The molecular weight excluding hydrogens is 202 g/mol. The van der Waals surface area contributed by atoms with Crippen molar-refractivity contribution in [2.24, 2.45) is 0 Å². The number of likely N-dealkylation sites (tertiary alicyclic amines) is 1. The van der Waals surface area contributed by atoms with Crippen molar-refractivity contribution >= 4 is 0 Å². The number of piperidine rings is 1. The predicted octanol–water partition coefficient (Wildman–Crippen LogP) is 2.04. The molecule has 0 aromatic carbocycles. The zero-order valence-corrected chi connectivity index (χ0v) is 11.0. The van der Waals surface area contributed by atoms with Crippen molar-refractivity contribution in [3.63, 3.8) is 0 Å². The third-order valence-corrected chi connectivity index (χ3v) is 3.81. The SMILES string of the molecule is COCCCC(O)C(C)(C)N1CCCCC1. The third-order valence-electron chi connectivity index (χ3n) is 3.81. The van der Waals surface area contributed by atoms with Crippen LogP contribution in [0.2, 0.25) is 0 Å². The molecule has 96 valence electrons. The molecule has 1 rings (SSSR count). The quantitative estimate of drug-likeness (QED) is 0.707. The van der Waals surface area contributed by atoms with E-state index in [-0.39, 0.29) is 11.6 Å². The smallest absolute Gasteiger partial charge is 0.0719 e. The molecule has 1 saturated heterocycles. The van der Waals surface area contributed by atoms with Gasteiger partial charge in [-0.1, -0.05) is 6.42 Å². The van der Waals surface area contributed by atoms with Gasteiger partial charge in [-0.25, -0.2) is 0 Å². The first kappa shape index (κ1) is 13.9. The van der Waals surface area contributed by atoms with Crippen LogP contribution in [0.25, 0.3) is 0 Å². The van der Waals surface area contributed by atoms with Gasteiger partial charge in [0.1, 0.15) is 0 Å². The second kappa shape index (κ2) is 6.58. The van der Waals surface area contributed by atoms with Gasteiger partial charge >= 0.3 is 0 Å². The molecule has 0 aliphatic carbocycles. The largest absolute Gasteiger partial charge is 0.391 e. The molecule has 3 heteroatoms. The Labute approximate surface area is 99.8 Å². The number of methoxy groups -OCH3 is 1. The first-order chi connectivity index (χ1) is 7.59. The van der Waals surface area contributed by atoms with Crippen molar-refractivity contribution < 1.29 is 9.84 Å². The van der Waals surface area contributed by atoms with Crippen molar-refractivity contribution in [2.45, 2.75) is 57.6 Å². The first-order valence-electron chi connectivity index (χ1n) is 6.51. The highest BCUT2D eigenvalue weighted by molar-refractivity contribution is 4.90. The molecule has 1 unspecified atom stereocenters. The molecular formula is C13H27NO2. The number of hydrogen-bond acceptors (Lipinski definition) is 3. The van der Waals surface area contributed by atoms with E-state index in [2.05, 4.69) is 18.7 Å². The molecule has 0 aromatic rings. The van der Waals surface area contributed by atoms with E-state index in [4.69, 9.17) is 4.74 Å². The Morgan fingerprint density at radius 2 is 1.88 bits per heavy atom. The summed E-state index contributed by atoms with van der Waals surface area (Å²) < 4.78 is 5.03. The lowest BCUT2D eigenvalue weighted by Gasteiger charge is -2.44. The molecule has 1 N–H and O–H groups in total. The van der Waals surface area contributed by atoms with Crippen molar-refractivity contribution in [3.8, 4) is 0 Å². The fraction of sp³-hybridized carbons (Fsp3) is 1.00. The highest BCUT2D eigenvalue weighted by Gasteiger charge is 2.34. The van der Waals surface area contributed by atoms with Crippen LogP contribution in [0.3, 0.4) is 0 Å². The minimum atomic E-state index is -0.249. The van der Waals surface area contributed by atoms with Gasteiger partial charge in [-0.2, -0.15) is 0 Å². The van der Waals surface area contributed by atoms with E-state index >= 15 is 0 Å². The van der Waals surface area contributed by atoms with Crippen LogP contribution in [0.15, 0.2) is 0 Å². The van der Waals surface area contributed by atoms with Gasteiger partial charge in [0.2, 0.25) is 0 Å². The lowest BCUT2D eigenvalue weighted by atomic mass is 9.89. The maximum Gasteiger partial charge on any atom is 0.0719 e. The van der Waals surface area contributed by atoms with Gasteiger partial charge < -0.3 is 9.84 Å². The molecule has 1 fully saturated rings. The molecule has 0 spiro atoms. The average Bonchev–Trinajstić information content (AvgIpc) is 2.30. The van der Waals surface area contributed by atoms with Crippen LogP contribution in [0.4, 0.5) is 0 Å². The van der Waals surface area contributed by atoms with E-state index in [1.165, 1.54) is 19.3 Å². The molecule has 3 nitrogen and oxygen atoms in total. The van der Waals surface area contributed by atoms with Crippen LogP contribution in [0.5, 0.6) is 0 Å². The minimum Gasteiger partial charge on any atom is -0.391 e. The maximum absolute atomic E-state index is 10.3. The third kappa shape index (κ3) is 3.72. The van der Waals surface area contributed by atoms with Crippen molar-refractivity contribution in [2.75, 3.05) is 26.8 Å². The van der Waals surface area contributed by atoms with Gasteiger partial charge in [0.15, 0.2) is 0 Å². The van der Waals surface area contributed by atoms with Crippen LogP contribution in [0, 0.1) is 0 Å². The summed E-state index contributed by atoms with van der Waals surface area (Å²) in [5, 5.41) is 10.3. The lowest BCUT2D eigenvalue weighted by molar-refractivity contribution is -0.0262. The summed E-state index contributed by atoms with van der Waals surface area (Å²) in [6, 6.07) is 0. The first-order valence-corrected chi connectivity index (χ1v) is 6.51. The van der Waals surface area contributed by atoms with Crippen LogP contribution in [-0.2, 0) is 4.74 Å². The molecule has 1 aliphatic heterocycles. The normalized spacial score (nSPS) is 21.0. The number of hydrogen-bond donors (Lipinski definition) is 1. The van der Waals surface area contributed by atoms with Gasteiger partial charge in [0, 0.05) is 19.3 Å². The summed E-state index contributed by atoms with van der Waals surface area (Å²) in [7, 11) is 1.71. The summed E-state index contributed by atoms with van der Waals surface area (Å²) >= 11 is 0. The Morgan fingerprint density at radius 3 is 2.44 bits per heavy atom. The highest BCUT2D eigenvalue weighted by Crippen LogP contribution is 2.25. The monoisotopic (exact) mass is 229 g/mol. The summed E-state index contributed by atoms with van der Waals surface area (Å²) in [6.07, 6.45) is 5.40. The Hall–Kier alpha value is -0.120. The van der Waals surface area contributed by atoms with E-state index in [9.17, 15) is 5.11 Å². The molecule has 1 atom stereocenters. The number of aliphatic hydroxyl groups excluding tert-OH is 1. The summed E-state index contributed by atoms with van der Waals surface area (Å²) in [5.41, 5.74) is -0.0891. The number of ether oxygens (including phenoxy) is 1. The highest BCUT2D eigenvalue weighted by atomic mass is 16.5. The van der Waals surface area contributed by atoms with Gasteiger partial charge in [-0.3, -0.25) is 4.90 Å². The molecule has 0 aromatic heterocycles. The molecule has 0 bridgehead atoms. The second-order valence-electron chi connectivity index (χ2n) is 5.35. The lowest BCUT2D eigenvalue weighted by Crippen LogP contribution is -2.54. The van der Waals surface area contributed by atoms with Crippen LogP contribution in [-0.4, -0.2) is 48.5 Å². The molecule has 1 aliphatic rings. The molecule has 0 saturated carbocycles. The summed E-state index contributed by atoms with van der Waals surface area (Å²) in [4.78, 5) is 2.44. The van der Waals surface area contributed by atoms with Crippen molar-refractivity contribution in [1.29, 1.82) is 0 Å². The fourth-order valence-corrected chi connectivity index (χ4v) is 2.46. The van der Waals surface area contributed by atoms with E-state index < -0.39 is 0 Å². The Kier molecular flexibility index (Phi) is 5.73. The van der Waals surface area contributed by atoms with Crippen LogP contribution in [0.1, 0.15) is 46.0 Å². The fourth-order valence-electron chi connectivity index (χ4n) is 2.46. The van der Waals surface area contributed by atoms with E-state index in [0.29, 0.717) is 0 Å². The Balaban J connectivity index is 2.40. The van der Waals surface area contributed by atoms with E-state index in [1.54, 1.807) is 7.11 Å². The van der Waals surface area contributed by atoms with Crippen LogP contribution < -0.4 is 0 Å². The van der Waals surface area contributed by atoms with Crippen molar-refractivity contribution in [1.82, 2.24) is 4.90 Å². The average molecular weight is 229 g/mol. The van der Waals surface area contributed by atoms with Gasteiger partial charge in [0.25, 0.3) is 0 Å². The minimum absolute atomic E-state index is 0.0891.